The van der Waals surface area contributed by atoms with E-state index < -0.39 is 0 Å². The molecule has 0 aliphatic rings. The van der Waals surface area contributed by atoms with Crippen molar-refractivity contribution in [2.75, 3.05) is 5.32 Å². The number of carbonyl (C=O) groups is 1. The number of rotatable bonds is 4. The number of thiol groups is 1. The van der Waals surface area contributed by atoms with Crippen LogP contribution in [0.1, 0.15) is 16.5 Å². The van der Waals surface area contributed by atoms with Crippen LogP contribution in [-0.2, 0) is 4.79 Å². The third kappa shape index (κ3) is 2.77. The molecule has 1 N–H and O–H groups in total. The number of hydrogen-bond acceptors (Lipinski definition) is 5. The van der Waals surface area contributed by atoms with Gasteiger partial charge in [0.2, 0.25) is 6.41 Å². The van der Waals surface area contributed by atoms with Crippen LogP contribution in [0.15, 0.2) is 24.5 Å². The number of anilines is 1. The SMILES string of the molecule is O=CNc1nc(C(S)c2ccncc2)c(Cl)s1. The standard InChI is InChI=1S/C10H8ClN3OS2/c11-9-7(14-10(17-9)13-5-15)8(16)6-1-3-12-4-2-6/h1-5,8,16H,(H,13,14,15). The van der Waals surface area contributed by atoms with Gasteiger partial charge in [0.1, 0.15) is 4.34 Å². The highest BCUT2D eigenvalue weighted by atomic mass is 35.5. The van der Waals surface area contributed by atoms with Crippen LogP contribution < -0.4 is 5.32 Å². The molecule has 1 amide bonds. The van der Waals surface area contributed by atoms with Gasteiger partial charge in [0.25, 0.3) is 0 Å². The van der Waals surface area contributed by atoms with Crippen LogP contribution in [0, 0.1) is 0 Å². The van der Waals surface area contributed by atoms with E-state index in [9.17, 15) is 4.79 Å². The lowest BCUT2D eigenvalue weighted by Crippen LogP contribution is -1.97. The van der Waals surface area contributed by atoms with Gasteiger partial charge in [-0.2, -0.15) is 12.6 Å². The van der Waals surface area contributed by atoms with Gasteiger partial charge < -0.3 is 5.32 Å². The van der Waals surface area contributed by atoms with E-state index >= 15 is 0 Å². The van der Waals surface area contributed by atoms with Crippen molar-refractivity contribution in [3.63, 3.8) is 0 Å². The first kappa shape index (κ1) is 12.3. The molecule has 4 nitrogen and oxygen atoms in total. The van der Waals surface area contributed by atoms with Crippen molar-refractivity contribution in [1.82, 2.24) is 9.97 Å². The van der Waals surface area contributed by atoms with Crippen LogP contribution in [0.2, 0.25) is 4.34 Å². The molecule has 0 fully saturated rings. The van der Waals surface area contributed by atoms with Gasteiger partial charge in [0.15, 0.2) is 5.13 Å². The van der Waals surface area contributed by atoms with Gasteiger partial charge in [-0.05, 0) is 17.7 Å². The minimum absolute atomic E-state index is 0.232. The van der Waals surface area contributed by atoms with E-state index in [0.29, 0.717) is 21.6 Å². The Labute approximate surface area is 112 Å². The predicted molar refractivity (Wildman–Crippen MR) is 71.9 cm³/mol. The van der Waals surface area contributed by atoms with Crippen molar-refractivity contribution in [2.24, 2.45) is 0 Å². The summed E-state index contributed by atoms with van der Waals surface area (Å²) < 4.78 is 0.520. The lowest BCUT2D eigenvalue weighted by molar-refractivity contribution is -0.105. The van der Waals surface area contributed by atoms with E-state index in [1.807, 2.05) is 12.1 Å². The Kier molecular flexibility index (Phi) is 3.98. The molecule has 0 aliphatic heterocycles. The molecule has 2 aromatic rings. The number of halogens is 1. The highest BCUT2D eigenvalue weighted by molar-refractivity contribution is 7.80. The van der Waals surface area contributed by atoms with Gasteiger partial charge in [-0.15, -0.1) is 0 Å². The third-order valence-electron chi connectivity index (χ3n) is 2.07. The van der Waals surface area contributed by atoms with Crippen molar-refractivity contribution < 1.29 is 4.79 Å². The van der Waals surface area contributed by atoms with Gasteiger partial charge in [-0.25, -0.2) is 4.98 Å². The van der Waals surface area contributed by atoms with Crippen LogP contribution in [0.5, 0.6) is 0 Å². The zero-order valence-corrected chi connectivity index (χ0v) is 11.0. The van der Waals surface area contributed by atoms with Crippen LogP contribution >= 0.6 is 35.6 Å². The molecule has 0 radical (unpaired) electrons. The Morgan fingerprint density at radius 1 is 1.47 bits per heavy atom. The Bertz CT molecular complexity index is 518. The van der Waals surface area contributed by atoms with E-state index in [2.05, 4.69) is 27.9 Å². The minimum atomic E-state index is -0.232. The number of nitrogens with zero attached hydrogens (tertiary/aromatic N) is 2. The van der Waals surface area contributed by atoms with Gasteiger partial charge in [-0.3, -0.25) is 9.78 Å². The molecule has 0 bridgehead atoms. The molecule has 17 heavy (non-hydrogen) atoms. The lowest BCUT2D eigenvalue weighted by Gasteiger charge is -2.07. The fourth-order valence-corrected chi connectivity index (χ4v) is 2.88. The lowest BCUT2D eigenvalue weighted by atomic mass is 10.1. The van der Waals surface area contributed by atoms with Crippen molar-refractivity contribution >= 4 is 47.1 Å². The smallest absolute Gasteiger partial charge is 0.213 e. The number of amides is 1. The molecular weight excluding hydrogens is 278 g/mol. The Morgan fingerprint density at radius 3 is 2.82 bits per heavy atom. The summed E-state index contributed by atoms with van der Waals surface area (Å²) in [6, 6.07) is 3.69. The van der Waals surface area contributed by atoms with Crippen LogP contribution in [0.25, 0.3) is 0 Å². The molecule has 1 atom stereocenters. The summed E-state index contributed by atoms with van der Waals surface area (Å²) >= 11 is 11.7. The van der Waals surface area contributed by atoms with Gasteiger partial charge in [0, 0.05) is 12.4 Å². The van der Waals surface area contributed by atoms with Crippen LogP contribution in [0.4, 0.5) is 5.13 Å². The maximum absolute atomic E-state index is 10.3. The number of nitrogens with one attached hydrogen (secondary N) is 1. The van der Waals surface area contributed by atoms with Gasteiger partial charge in [0.05, 0.1) is 10.9 Å². The zero-order valence-electron chi connectivity index (χ0n) is 8.50. The molecule has 0 saturated heterocycles. The molecule has 2 heterocycles. The summed E-state index contributed by atoms with van der Waals surface area (Å²) in [7, 11) is 0. The molecular formula is C10H8ClN3OS2. The first-order chi connectivity index (χ1) is 8.22. The first-order valence-electron chi connectivity index (χ1n) is 4.66. The quantitative estimate of drug-likeness (QED) is 0.671. The molecule has 0 aromatic carbocycles. The highest BCUT2D eigenvalue weighted by Crippen LogP contribution is 2.37. The number of carbonyl (C=O) groups excluding carboxylic acids is 1. The second kappa shape index (κ2) is 5.48. The van der Waals surface area contributed by atoms with Gasteiger partial charge in [-0.1, -0.05) is 22.9 Å². The summed E-state index contributed by atoms with van der Waals surface area (Å²) in [5.74, 6) is 0. The zero-order chi connectivity index (χ0) is 12.3. The maximum atomic E-state index is 10.3. The average molecular weight is 286 g/mol. The molecule has 0 aliphatic carbocycles. The number of thiazole rings is 1. The Hall–Kier alpha value is -1.11. The van der Waals surface area contributed by atoms with E-state index in [0.717, 1.165) is 5.56 Å². The molecule has 7 heteroatoms. The van der Waals surface area contributed by atoms with Crippen molar-refractivity contribution in [2.45, 2.75) is 5.25 Å². The normalized spacial score (nSPS) is 12.1. The van der Waals surface area contributed by atoms with Crippen molar-refractivity contribution in [3.8, 4) is 0 Å². The summed E-state index contributed by atoms with van der Waals surface area (Å²) in [6.07, 6.45) is 3.94. The Balaban J connectivity index is 2.30. The van der Waals surface area contributed by atoms with Crippen LogP contribution in [-0.4, -0.2) is 16.4 Å². The summed E-state index contributed by atoms with van der Waals surface area (Å²) in [6.45, 7) is 0. The van der Waals surface area contributed by atoms with E-state index in [-0.39, 0.29) is 5.25 Å². The molecule has 0 spiro atoms. The highest BCUT2D eigenvalue weighted by Gasteiger charge is 2.18. The van der Waals surface area contributed by atoms with Crippen molar-refractivity contribution in [1.29, 1.82) is 0 Å². The monoisotopic (exact) mass is 285 g/mol. The molecule has 0 saturated carbocycles. The topological polar surface area (TPSA) is 54.9 Å². The van der Waals surface area contributed by atoms with E-state index in [4.69, 9.17) is 11.6 Å². The summed E-state index contributed by atoms with van der Waals surface area (Å²) in [5.41, 5.74) is 1.59. The second-order valence-corrected chi connectivity index (χ2v) is 5.24. The summed E-state index contributed by atoms with van der Waals surface area (Å²) in [4.78, 5) is 18.5. The molecule has 2 aromatic heterocycles. The molecule has 88 valence electrons. The third-order valence-corrected chi connectivity index (χ3v) is 3.83. The first-order valence-corrected chi connectivity index (χ1v) is 6.38. The second-order valence-electron chi connectivity index (χ2n) is 3.12. The predicted octanol–water partition coefficient (Wildman–Crippen LogP) is 2.78. The Morgan fingerprint density at radius 2 is 2.18 bits per heavy atom. The average Bonchev–Trinajstić information content (AvgIpc) is 2.71. The number of aromatic nitrogens is 2. The van der Waals surface area contributed by atoms with E-state index in [1.165, 1.54) is 11.3 Å². The number of hydrogen-bond donors (Lipinski definition) is 2. The summed E-state index contributed by atoms with van der Waals surface area (Å²) in [5, 5.41) is 2.70. The van der Waals surface area contributed by atoms with Gasteiger partial charge >= 0.3 is 0 Å². The molecule has 1 unspecified atom stereocenters. The number of pyridine rings is 1. The van der Waals surface area contributed by atoms with Crippen LogP contribution in [0.3, 0.4) is 0 Å². The fraction of sp³-hybridized carbons (Fsp3) is 0.100. The minimum Gasteiger partial charge on any atom is -0.305 e. The van der Waals surface area contributed by atoms with Crippen molar-refractivity contribution in [3.05, 3.63) is 40.1 Å². The fourth-order valence-electron chi connectivity index (χ4n) is 1.30. The van der Waals surface area contributed by atoms with E-state index in [1.54, 1.807) is 12.4 Å². The largest absolute Gasteiger partial charge is 0.305 e. The maximum Gasteiger partial charge on any atom is 0.213 e. The molecule has 2 rings (SSSR count).